The zero-order chi connectivity index (χ0) is 8.69. The van der Waals surface area contributed by atoms with Crippen molar-refractivity contribution in [2.24, 2.45) is 11.5 Å². The molecular weight excluding hydrogens is 148 g/mol. The molecular formula is C6H10N2O3. The predicted octanol–water partition coefficient (Wildman–Crippen LogP) is -0.204. The molecule has 5 heteroatoms. The van der Waals surface area contributed by atoms with Crippen molar-refractivity contribution in [3.05, 3.63) is 24.2 Å². The molecule has 0 aliphatic carbocycles. The van der Waals surface area contributed by atoms with Gasteiger partial charge in [0.2, 0.25) is 0 Å². The Morgan fingerprint density at radius 2 is 2.18 bits per heavy atom. The Labute approximate surface area is 63.6 Å². The summed E-state index contributed by atoms with van der Waals surface area (Å²) in [5.41, 5.74) is 8.50. The van der Waals surface area contributed by atoms with Crippen LogP contribution in [0.5, 0.6) is 0 Å². The van der Waals surface area contributed by atoms with Gasteiger partial charge in [0, 0.05) is 0 Å². The van der Waals surface area contributed by atoms with Crippen LogP contribution in [0.3, 0.4) is 0 Å². The van der Waals surface area contributed by atoms with E-state index in [1.165, 1.54) is 6.26 Å². The van der Waals surface area contributed by atoms with Crippen LogP contribution in [0.2, 0.25) is 0 Å². The predicted molar refractivity (Wildman–Crippen MR) is 38.4 cm³/mol. The molecule has 2 amide bonds. The number of primary amides is 2. The zero-order valence-electron chi connectivity index (χ0n) is 5.86. The Bertz CT molecular complexity index is 192. The van der Waals surface area contributed by atoms with Gasteiger partial charge >= 0.3 is 6.03 Å². The van der Waals surface area contributed by atoms with E-state index in [1.54, 1.807) is 12.1 Å². The van der Waals surface area contributed by atoms with E-state index in [-0.39, 0.29) is 6.61 Å². The van der Waals surface area contributed by atoms with Crippen molar-refractivity contribution in [1.82, 2.24) is 0 Å². The van der Waals surface area contributed by atoms with Gasteiger partial charge in [-0.25, -0.2) is 4.79 Å². The van der Waals surface area contributed by atoms with E-state index >= 15 is 0 Å². The van der Waals surface area contributed by atoms with Crippen LogP contribution in [0.15, 0.2) is 22.8 Å². The van der Waals surface area contributed by atoms with Crippen LogP contribution in [-0.2, 0) is 6.61 Å². The van der Waals surface area contributed by atoms with Crippen LogP contribution in [-0.4, -0.2) is 11.1 Å². The fraction of sp³-hybridized carbons (Fsp3) is 0.167. The standard InChI is InChI=1S/C5H6O2.CH4N2O/c6-4-5-2-1-3-7-5;2-1(3)4/h1-3,6H,4H2;(H4,2,3,4). The summed E-state index contributed by atoms with van der Waals surface area (Å²) in [4.78, 5) is 9.00. The second kappa shape index (κ2) is 5.31. The van der Waals surface area contributed by atoms with E-state index in [9.17, 15) is 0 Å². The van der Waals surface area contributed by atoms with Gasteiger partial charge < -0.3 is 21.0 Å². The third-order valence-corrected chi connectivity index (χ3v) is 0.736. The number of rotatable bonds is 1. The van der Waals surface area contributed by atoms with Gasteiger partial charge in [0.15, 0.2) is 0 Å². The molecule has 1 rings (SSSR count). The number of furan rings is 1. The number of carbonyl (C=O) groups is 1. The molecule has 0 aliphatic heterocycles. The molecule has 0 atom stereocenters. The highest BCUT2D eigenvalue weighted by Gasteiger charge is 1.85. The van der Waals surface area contributed by atoms with Gasteiger partial charge in [0.1, 0.15) is 12.4 Å². The summed E-state index contributed by atoms with van der Waals surface area (Å²) in [6.45, 7) is -0.00694. The van der Waals surface area contributed by atoms with E-state index in [4.69, 9.17) is 14.3 Å². The Balaban J connectivity index is 0.000000218. The molecule has 62 valence electrons. The monoisotopic (exact) mass is 158 g/mol. The summed E-state index contributed by atoms with van der Waals surface area (Å²) in [6, 6.07) is 2.63. The molecule has 1 heterocycles. The van der Waals surface area contributed by atoms with Gasteiger partial charge in [-0.1, -0.05) is 0 Å². The van der Waals surface area contributed by atoms with Crippen molar-refractivity contribution in [2.45, 2.75) is 6.61 Å². The molecule has 5 nitrogen and oxygen atoms in total. The summed E-state index contributed by atoms with van der Waals surface area (Å²) < 4.78 is 4.73. The first-order chi connectivity index (χ1) is 5.16. The molecule has 1 aromatic rings. The van der Waals surface area contributed by atoms with Crippen LogP contribution < -0.4 is 11.5 Å². The van der Waals surface area contributed by atoms with Gasteiger partial charge in [-0.3, -0.25) is 0 Å². The number of aliphatic hydroxyl groups excluding tert-OH is 1. The first-order valence-corrected chi connectivity index (χ1v) is 2.85. The average Bonchev–Trinajstić information content (AvgIpc) is 2.36. The Kier molecular flexibility index (Phi) is 4.59. The first kappa shape index (κ1) is 9.51. The van der Waals surface area contributed by atoms with Crippen LogP contribution >= 0.6 is 0 Å². The number of amides is 2. The Morgan fingerprint density at radius 3 is 2.36 bits per heavy atom. The topological polar surface area (TPSA) is 102 Å². The van der Waals surface area contributed by atoms with Crippen molar-refractivity contribution in [2.75, 3.05) is 0 Å². The molecule has 0 aliphatic rings. The van der Waals surface area contributed by atoms with E-state index < -0.39 is 6.03 Å². The van der Waals surface area contributed by atoms with E-state index in [1.807, 2.05) is 0 Å². The SMILES string of the molecule is NC(N)=O.OCc1ccco1. The van der Waals surface area contributed by atoms with Gasteiger partial charge in [0.25, 0.3) is 0 Å². The summed E-state index contributed by atoms with van der Waals surface area (Å²) in [7, 11) is 0. The van der Waals surface area contributed by atoms with E-state index in [0.717, 1.165) is 0 Å². The minimum absolute atomic E-state index is 0.00694. The average molecular weight is 158 g/mol. The largest absolute Gasteiger partial charge is 0.467 e. The highest BCUT2D eigenvalue weighted by Crippen LogP contribution is 1.96. The second-order valence-electron chi connectivity index (χ2n) is 1.64. The van der Waals surface area contributed by atoms with Gasteiger partial charge in [-0.2, -0.15) is 0 Å². The van der Waals surface area contributed by atoms with Gasteiger partial charge in [0.05, 0.1) is 6.26 Å². The third-order valence-electron chi connectivity index (χ3n) is 0.736. The molecule has 0 radical (unpaired) electrons. The minimum Gasteiger partial charge on any atom is -0.467 e. The lowest BCUT2D eigenvalue weighted by Crippen LogP contribution is -2.18. The molecule has 0 bridgehead atoms. The van der Waals surface area contributed by atoms with Gasteiger partial charge in [-0.15, -0.1) is 0 Å². The molecule has 1 aromatic heterocycles. The first-order valence-electron chi connectivity index (χ1n) is 2.85. The summed E-state index contributed by atoms with van der Waals surface area (Å²) in [5, 5.41) is 8.33. The normalized spacial score (nSPS) is 8.09. The summed E-state index contributed by atoms with van der Waals surface area (Å²) >= 11 is 0. The number of aliphatic hydroxyl groups is 1. The van der Waals surface area contributed by atoms with Crippen molar-refractivity contribution in [1.29, 1.82) is 0 Å². The fourth-order valence-electron chi connectivity index (χ4n) is 0.403. The van der Waals surface area contributed by atoms with Crippen LogP contribution in [0.25, 0.3) is 0 Å². The quantitative estimate of drug-likeness (QED) is 0.527. The Hall–Kier alpha value is -1.49. The van der Waals surface area contributed by atoms with Crippen molar-refractivity contribution < 1.29 is 14.3 Å². The zero-order valence-corrected chi connectivity index (χ0v) is 5.86. The lowest BCUT2D eigenvalue weighted by Gasteiger charge is -1.79. The minimum atomic E-state index is -0.833. The maximum atomic E-state index is 9.00. The number of nitrogens with two attached hydrogens (primary N) is 2. The number of urea groups is 1. The lowest BCUT2D eigenvalue weighted by atomic mass is 10.5. The number of hydrogen-bond donors (Lipinski definition) is 3. The van der Waals surface area contributed by atoms with E-state index in [0.29, 0.717) is 5.76 Å². The molecule has 0 aromatic carbocycles. The van der Waals surface area contributed by atoms with Crippen molar-refractivity contribution >= 4 is 6.03 Å². The smallest absolute Gasteiger partial charge is 0.309 e. The van der Waals surface area contributed by atoms with Gasteiger partial charge in [-0.05, 0) is 12.1 Å². The Morgan fingerprint density at radius 1 is 1.64 bits per heavy atom. The second-order valence-corrected chi connectivity index (χ2v) is 1.64. The molecule has 0 saturated carbocycles. The third kappa shape index (κ3) is 6.39. The molecule has 11 heavy (non-hydrogen) atoms. The van der Waals surface area contributed by atoms with Crippen molar-refractivity contribution in [3.63, 3.8) is 0 Å². The van der Waals surface area contributed by atoms with Crippen LogP contribution in [0, 0.1) is 0 Å². The molecule has 0 unspecified atom stereocenters. The molecule has 0 fully saturated rings. The molecule has 0 spiro atoms. The van der Waals surface area contributed by atoms with E-state index in [2.05, 4.69) is 11.5 Å². The highest BCUT2D eigenvalue weighted by atomic mass is 16.4. The van der Waals surface area contributed by atoms with Crippen LogP contribution in [0.4, 0.5) is 4.79 Å². The number of carbonyl (C=O) groups excluding carboxylic acids is 1. The van der Waals surface area contributed by atoms with Crippen molar-refractivity contribution in [3.8, 4) is 0 Å². The molecule has 5 N–H and O–H groups in total. The number of hydrogen-bond acceptors (Lipinski definition) is 3. The highest BCUT2D eigenvalue weighted by molar-refractivity contribution is 5.69. The summed E-state index contributed by atoms with van der Waals surface area (Å²) in [6.07, 6.45) is 1.53. The lowest BCUT2D eigenvalue weighted by molar-refractivity contribution is 0.247. The fourth-order valence-corrected chi connectivity index (χ4v) is 0.403. The maximum Gasteiger partial charge on any atom is 0.309 e. The molecule has 0 saturated heterocycles. The maximum absolute atomic E-state index is 9.00. The summed E-state index contributed by atoms with van der Waals surface area (Å²) in [5.74, 6) is 0.611. The van der Waals surface area contributed by atoms with Crippen LogP contribution in [0.1, 0.15) is 5.76 Å².